The van der Waals surface area contributed by atoms with Crippen molar-refractivity contribution in [2.45, 2.75) is 57.1 Å². The number of amides is 1. The Morgan fingerprint density at radius 2 is 1.97 bits per heavy atom. The lowest BCUT2D eigenvalue weighted by molar-refractivity contribution is -0.148. The van der Waals surface area contributed by atoms with Crippen molar-refractivity contribution in [3.05, 3.63) is 69.9 Å². The average Bonchev–Trinajstić information content (AvgIpc) is 3.35. The molecule has 3 rings (SSSR count). The number of benzene rings is 1. The summed E-state index contributed by atoms with van der Waals surface area (Å²) >= 11 is 1.15. The van der Waals surface area contributed by atoms with Gasteiger partial charge in [-0.25, -0.2) is 4.79 Å². The molecule has 2 heterocycles. The first-order valence-electron chi connectivity index (χ1n) is 11.1. The fourth-order valence-electron chi connectivity index (χ4n) is 3.95. The number of carboxylic acid groups (broad SMARTS) is 1. The van der Waals surface area contributed by atoms with Gasteiger partial charge in [0.15, 0.2) is 0 Å². The van der Waals surface area contributed by atoms with E-state index in [1.807, 2.05) is 37.3 Å². The summed E-state index contributed by atoms with van der Waals surface area (Å²) in [6.07, 6.45) is 4.17. The van der Waals surface area contributed by atoms with Gasteiger partial charge in [-0.05, 0) is 49.3 Å². The molecule has 2 N–H and O–H groups in total. The van der Waals surface area contributed by atoms with E-state index in [4.69, 9.17) is 5.11 Å². The second kappa shape index (κ2) is 11.0. The van der Waals surface area contributed by atoms with E-state index in [0.717, 1.165) is 29.1 Å². The monoisotopic (exact) mass is 477 g/mol. The van der Waals surface area contributed by atoms with Crippen LogP contribution in [0.15, 0.2) is 54.6 Å². The molecule has 0 spiro atoms. The zero-order chi connectivity index (χ0) is 24.0. The number of aliphatic hydroxyl groups is 1. The summed E-state index contributed by atoms with van der Waals surface area (Å²) in [5.74, 6) is -5.67. The number of alkyl halides is 2. The number of carboxylic acids is 1. The maximum Gasteiger partial charge on any atom is 0.345 e. The number of hydrogen-bond donors (Lipinski definition) is 2. The van der Waals surface area contributed by atoms with Crippen LogP contribution >= 0.6 is 11.3 Å². The predicted octanol–water partition coefficient (Wildman–Crippen LogP) is 4.80. The third-order valence-corrected chi connectivity index (χ3v) is 7.11. The molecule has 1 aliphatic heterocycles. The Hall–Kier alpha value is -2.58. The molecule has 0 saturated carbocycles. The van der Waals surface area contributed by atoms with Crippen molar-refractivity contribution in [1.29, 1.82) is 0 Å². The fourth-order valence-corrected chi connectivity index (χ4v) is 4.84. The highest BCUT2D eigenvalue weighted by atomic mass is 32.1. The second-order valence-corrected chi connectivity index (χ2v) is 9.69. The van der Waals surface area contributed by atoms with Crippen LogP contribution in [0.1, 0.15) is 46.3 Å². The van der Waals surface area contributed by atoms with E-state index in [0.29, 0.717) is 12.8 Å². The van der Waals surface area contributed by atoms with Gasteiger partial charge in [0.1, 0.15) is 4.88 Å². The Bertz CT molecular complexity index is 976. The molecule has 5 nitrogen and oxygen atoms in total. The lowest BCUT2D eigenvalue weighted by Gasteiger charge is -2.22. The molecule has 0 aliphatic carbocycles. The third-order valence-electron chi connectivity index (χ3n) is 5.98. The van der Waals surface area contributed by atoms with Gasteiger partial charge in [-0.2, -0.15) is 8.78 Å². The Balaban J connectivity index is 1.55. The molecular formula is C25H29F2NO4S. The second-order valence-electron chi connectivity index (χ2n) is 8.53. The van der Waals surface area contributed by atoms with Crippen LogP contribution in [0.4, 0.5) is 8.78 Å². The molecule has 1 aromatic carbocycles. The van der Waals surface area contributed by atoms with Crippen molar-refractivity contribution in [2.24, 2.45) is 5.92 Å². The Kier molecular flexibility index (Phi) is 8.37. The molecule has 3 atom stereocenters. The standard InChI is InChI=1S/C25H29F2NO4S/c1-17(9-10-18-6-3-2-4-7-18)21(29)13-11-19-16-25(26,27)24(32)28(19)15-5-8-20-12-14-22(33-20)23(30)31/h2-4,6-7,11-14,17,19,21,29H,5,8-10,15-16H2,1H3,(H,30,31)/b13-11+/t17-,19+,21-/m1/s1. The smallest absolute Gasteiger partial charge is 0.345 e. The molecule has 0 bridgehead atoms. The molecule has 0 unspecified atom stereocenters. The van der Waals surface area contributed by atoms with Crippen molar-refractivity contribution in [1.82, 2.24) is 4.90 Å². The van der Waals surface area contributed by atoms with Crippen molar-refractivity contribution < 1.29 is 28.6 Å². The van der Waals surface area contributed by atoms with Crippen molar-refractivity contribution in [2.75, 3.05) is 6.54 Å². The quantitative estimate of drug-likeness (QED) is 0.456. The third kappa shape index (κ3) is 6.71. The van der Waals surface area contributed by atoms with Gasteiger partial charge in [-0.15, -0.1) is 11.3 Å². The highest BCUT2D eigenvalue weighted by molar-refractivity contribution is 7.13. The zero-order valence-corrected chi connectivity index (χ0v) is 19.3. The average molecular weight is 478 g/mol. The number of carbonyl (C=O) groups excluding carboxylic acids is 1. The van der Waals surface area contributed by atoms with Gasteiger partial charge < -0.3 is 15.1 Å². The van der Waals surface area contributed by atoms with Crippen LogP contribution in [-0.2, 0) is 17.6 Å². The van der Waals surface area contributed by atoms with Crippen LogP contribution in [0.25, 0.3) is 0 Å². The minimum atomic E-state index is -3.42. The molecule has 1 fully saturated rings. The number of rotatable bonds is 11. The number of aliphatic hydroxyl groups excluding tert-OH is 1. The maximum absolute atomic E-state index is 14.1. The molecule has 0 radical (unpaired) electrons. The van der Waals surface area contributed by atoms with Gasteiger partial charge in [0, 0.05) is 17.8 Å². The molecular weight excluding hydrogens is 448 g/mol. The number of likely N-dealkylation sites (tertiary alicyclic amines) is 1. The zero-order valence-electron chi connectivity index (χ0n) is 18.5. The largest absolute Gasteiger partial charge is 0.477 e. The first-order chi connectivity index (χ1) is 15.7. The summed E-state index contributed by atoms with van der Waals surface area (Å²) in [4.78, 5) is 25.4. The van der Waals surface area contributed by atoms with Gasteiger partial charge in [0.2, 0.25) is 0 Å². The highest BCUT2D eigenvalue weighted by Crippen LogP contribution is 2.34. The number of nitrogens with zero attached hydrogens (tertiary/aromatic N) is 1. The van der Waals surface area contributed by atoms with E-state index in [1.165, 1.54) is 28.7 Å². The number of aromatic carboxylic acids is 1. The van der Waals surface area contributed by atoms with Gasteiger partial charge >= 0.3 is 11.9 Å². The van der Waals surface area contributed by atoms with E-state index in [2.05, 4.69) is 0 Å². The van der Waals surface area contributed by atoms with E-state index < -0.39 is 36.4 Å². The van der Waals surface area contributed by atoms with Crippen LogP contribution in [0.3, 0.4) is 0 Å². The summed E-state index contributed by atoms with van der Waals surface area (Å²) < 4.78 is 28.2. The normalized spacial score (nSPS) is 19.8. The summed E-state index contributed by atoms with van der Waals surface area (Å²) in [6.45, 7) is 2.06. The predicted molar refractivity (Wildman–Crippen MR) is 124 cm³/mol. The summed E-state index contributed by atoms with van der Waals surface area (Å²) in [5, 5.41) is 19.5. The van der Waals surface area contributed by atoms with Crippen molar-refractivity contribution in [3.63, 3.8) is 0 Å². The molecule has 1 aliphatic rings. The molecule has 178 valence electrons. The molecule has 1 saturated heterocycles. The molecule has 1 aromatic heterocycles. The number of halogens is 2. The Labute approximate surface area is 196 Å². The molecule has 8 heteroatoms. The van der Waals surface area contributed by atoms with Crippen LogP contribution < -0.4 is 0 Å². The Morgan fingerprint density at radius 3 is 2.64 bits per heavy atom. The van der Waals surface area contributed by atoms with E-state index in [9.17, 15) is 23.5 Å². The van der Waals surface area contributed by atoms with Gasteiger partial charge in [0.05, 0.1) is 12.1 Å². The maximum atomic E-state index is 14.1. The summed E-state index contributed by atoms with van der Waals surface area (Å²) in [6, 6.07) is 12.4. The molecule has 33 heavy (non-hydrogen) atoms. The topological polar surface area (TPSA) is 77.8 Å². The summed E-state index contributed by atoms with van der Waals surface area (Å²) in [7, 11) is 0. The number of carbonyl (C=O) groups is 2. The lowest BCUT2D eigenvalue weighted by Crippen LogP contribution is -2.36. The molecule has 1 amide bonds. The van der Waals surface area contributed by atoms with Gasteiger partial charge in [-0.3, -0.25) is 4.79 Å². The van der Waals surface area contributed by atoms with Gasteiger partial charge in [-0.1, -0.05) is 49.4 Å². The van der Waals surface area contributed by atoms with E-state index in [-0.39, 0.29) is 17.3 Å². The number of aryl methyl sites for hydroxylation is 2. The lowest BCUT2D eigenvalue weighted by atomic mass is 9.95. The highest BCUT2D eigenvalue weighted by Gasteiger charge is 2.52. The number of thiophene rings is 1. The van der Waals surface area contributed by atoms with Crippen LogP contribution in [0, 0.1) is 5.92 Å². The number of hydrogen-bond acceptors (Lipinski definition) is 4. The first kappa shape index (κ1) is 25.1. The van der Waals surface area contributed by atoms with E-state index >= 15 is 0 Å². The fraction of sp³-hybridized carbons (Fsp3) is 0.440. The van der Waals surface area contributed by atoms with E-state index in [1.54, 1.807) is 6.07 Å². The van der Waals surface area contributed by atoms with Crippen LogP contribution in [0.2, 0.25) is 0 Å². The van der Waals surface area contributed by atoms with Gasteiger partial charge in [0.25, 0.3) is 5.91 Å². The minimum Gasteiger partial charge on any atom is -0.477 e. The summed E-state index contributed by atoms with van der Waals surface area (Å²) in [5.41, 5.74) is 1.17. The van der Waals surface area contributed by atoms with Crippen LogP contribution in [0.5, 0.6) is 0 Å². The first-order valence-corrected chi connectivity index (χ1v) is 11.9. The van der Waals surface area contributed by atoms with Crippen molar-refractivity contribution >= 4 is 23.2 Å². The minimum absolute atomic E-state index is 0.0604. The Morgan fingerprint density at radius 1 is 1.24 bits per heavy atom. The molecule has 2 aromatic rings. The van der Waals surface area contributed by atoms with Crippen molar-refractivity contribution in [3.8, 4) is 0 Å². The van der Waals surface area contributed by atoms with Crippen LogP contribution in [-0.4, -0.2) is 51.6 Å². The SMILES string of the molecule is C[C@H](CCc1ccccc1)[C@H](O)/C=C/[C@H]1CC(F)(F)C(=O)N1CCCc1ccc(C(=O)O)s1.